The molecule has 0 radical (unpaired) electrons. The second-order valence-corrected chi connectivity index (χ2v) is 6.11. The number of carbonyl (C=O) groups excluding carboxylic acids is 1. The van der Waals surface area contributed by atoms with Crippen molar-refractivity contribution in [2.24, 2.45) is 0 Å². The van der Waals surface area contributed by atoms with Gasteiger partial charge in [-0.15, -0.1) is 0 Å². The van der Waals surface area contributed by atoms with Gasteiger partial charge in [0.1, 0.15) is 0 Å². The van der Waals surface area contributed by atoms with Crippen LogP contribution in [-0.4, -0.2) is 41.3 Å². The highest BCUT2D eigenvalue weighted by Gasteiger charge is 2.13. The average molecular weight is 369 g/mol. The van der Waals surface area contributed by atoms with Crippen molar-refractivity contribution in [3.05, 3.63) is 54.4 Å². The van der Waals surface area contributed by atoms with Crippen molar-refractivity contribution in [2.45, 2.75) is 19.1 Å². The Labute approximate surface area is 157 Å². The van der Waals surface area contributed by atoms with Crippen molar-refractivity contribution in [1.29, 1.82) is 0 Å². The van der Waals surface area contributed by atoms with E-state index < -0.39 is 6.10 Å². The number of nitrogens with one attached hydrogen (secondary N) is 1. The second-order valence-electron chi connectivity index (χ2n) is 6.11. The molecule has 7 nitrogen and oxygen atoms in total. The van der Waals surface area contributed by atoms with E-state index in [9.17, 15) is 9.90 Å². The summed E-state index contributed by atoms with van der Waals surface area (Å²) in [6.45, 7) is 0.651. The number of aromatic nitrogens is 2. The lowest BCUT2D eigenvalue weighted by Gasteiger charge is -2.15. The molecule has 27 heavy (non-hydrogen) atoms. The van der Waals surface area contributed by atoms with Crippen LogP contribution in [0.5, 0.6) is 11.5 Å². The Morgan fingerprint density at radius 2 is 1.96 bits per heavy atom. The first-order valence-electron chi connectivity index (χ1n) is 8.69. The van der Waals surface area contributed by atoms with Gasteiger partial charge in [-0.05, 0) is 29.8 Å². The molecular weight excluding hydrogens is 346 g/mol. The van der Waals surface area contributed by atoms with Gasteiger partial charge in [-0.25, -0.2) is 4.98 Å². The lowest BCUT2D eigenvalue weighted by atomic mass is 10.1. The number of imidazole rings is 1. The number of methoxy groups -OCH3 is 2. The normalized spacial score (nSPS) is 12.0. The van der Waals surface area contributed by atoms with Crippen LogP contribution in [0.3, 0.4) is 0 Å². The van der Waals surface area contributed by atoms with Crippen LogP contribution < -0.4 is 14.8 Å². The maximum Gasteiger partial charge on any atom is 0.221 e. The highest BCUT2D eigenvalue weighted by Crippen LogP contribution is 2.29. The second kappa shape index (κ2) is 8.55. The van der Waals surface area contributed by atoms with Crippen LogP contribution in [0.15, 0.2) is 48.8 Å². The molecule has 3 rings (SSSR count). The summed E-state index contributed by atoms with van der Waals surface area (Å²) >= 11 is 0. The molecule has 2 N–H and O–H groups in total. The number of hydrogen-bond acceptors (Lipinski definition) is 5. The predicted octanol–water partition coefficient (Wildman–Crippen LogP) is 2.29. The van der Waals surface area contributed by atoms with E-state index in [1.54, 1.807) is 31.6 Å². The van der Waals surface area contributed by atoms with Crippen molar-refractivity contribution in [3.63, 3.8) is 0 Å². The monoisotopic (exact) mass is 369 g/mol. The zero-order valence-electron chi connectivity index (χ0n) is 15.4. The zero-order chi connectivity index (χ0) is 19.2. The summed E-state index contributed by atoms with van der Waals surface area (Å²) in [4.78, 5) is 16.4. The molecule has 3 aromatic rings. The number of rotatable bonds is 8. The number of para-hydroxylation sites is 2. The fourth-order valence-corrected chi connectivity index (χ4v) is 2.89. The van der Waals surface area contributed by atoms with Crippen molar-refractivity contribution < 1.29 is 19.4 Å². The van der Waals surface area contributed by atoms with Gasteiger partial charge < -0.3 is 24.5 Å². The minimum absolute atomic E-state index is 0.124. The molecule has 0 aliphatic rings. The van der Waals surface area contributed by atoms with E-state index in [1.807, 2.05) is 28.8 Å². The minimum atomic E-state index is -0.831. The first kappa shape index (κ1) is 18.7. The van der Waals surface area contributed by atoms with Crippen molar-refractivity contribution >= 4 is 16.9 Å². The van der Waals surface area contributed by atoms with Crippen molar-refractivity contribution in [1.82, 2.24) is 14.9 Å². The third kappa shape index (κ3) is 4.38. The fraction of sp³-hybridized carbons (Fsp3) is 0.300. The van der Waals surface area contributed by atoms with Gasteiger partial charge in [0.15, 0.2) is 11.5 Å². The van der Waals surface area contributed by atoms with Crippen LogP contribution >= 0.6 is 0 Å². The molecule has 2 aromatic carbocycles. The van der Waals surface area contributed by atoms with Crippen LogP contribution in [0.1, 0.15) is 18.1 Å². The van der Waals surface area contributed by atoms with Gasteiger partial charge in [0, 0.05) is 19.5 Å². The van der Waals surface area contributed by atoms with E-state index in [1.165, 1.54) is 7.11 Å². The standard InChI is InChI=1S/C20H23N3O4/c1-26-18-8-7-14(11-19(18)27-2)17(24)12-21-20(25)9-10-23-13-22-15-5-3-4-6-16(15)23/h3-8,11,13,17,24H,9-10,12H2,1-2H3,(H,21,25). The molecule has 142 valence electrons. The predicted molar refractivity (Wildman–Crippen MR) is 102 cm³/mol. The molecule has 0 aliphatic heterocycles. The fourth-order valence-electron chi connectivity index (χ4n) is 2.89. The maximum absolute atomic E-state index is 12.1. The van der Waals surface area contributed by atoms with Gasteiger partial charge in [-0.3, -0.25) is 4.79 Å². The van der Waals surface area contributed by atoms with Gasteiger partial charge in [0.25, 0.3) is 0 Å². The molecular formula is C20H23N3O4. The molecule has 0 aliphatic carbocycles. The van der Waals surface area contributed by atoms with Crippen LogP contribution in [0, 0.1) is 0 Å². The largest absolute Gasteiger partial charge is 0.493 e. The van der Waals surface area contributed by atoms with E-state index in [0.29, 0.717) is 30.0 Å². The van der Waals surface area contributed by atoms with Crippen LogP contribution in [0.2, 0.25) is 0 Å². The van der Waals surface area contributed by atoms with E-state index >= 15 is 0 Å². The maximum atomic E-state index is 12.1. The number of amides is 1. The number of nitrogens with zero attached hydrogens (tertiary/aromatic N) is 2. The smallest absolute Gasteiger partial charge is 0.221 e. The summed E-state index contributed by atoms with van der Waals surface area (Å²) in [6, 6.07) is 13.0. The molecule has 0 saturated heterocycles. The lowest BCUT2D eigenvalue weighted by Crippen LogP contribution is -2.29. The summed E-state index contributed by atoms with van der Waals surface area (Å²) in [7, 11) is 3.09. The van der Waals surface area contributed by atoms with Gasteiger partial charge in [-0.2, -0.15) is 0 Å². The van der Waals surface area contributed by atoms with Crippen LogP contribution in [-0.2, 0) is 11.3 Å². The van der Waals surface area contributed by atoms with Crippen molar-refractivity contribution in [3.8, 4) is 11.5 Å². The highest BCUT2D eigenvalue weighted by atomic mass is 16.5. The third-order valence-electron chi connectivity index (χ3n) is 4.39. The minimum Gasteiger partial charge on any atom is -0.493 e. The summed E-state index contributed by atoms with van der Waals surface area (Å²) in [5, 5.41) is 13.1. The Balaban J connectivity index is 1.53. The summed E-state index contributed by atoms with van der Waals surface area (Å²) < 4.78 is 12.4. The molecule has 1 unspecified atom stereocenters. The number of aliphatic hydroxyl groups is 1. The van der Waals surface area contributed by atoms with Crippen molar-refractivity contribution in [2.75, 3.05) is 20.8 Å². The molecule has 7 heteroatoms. The number of aliphatic hydroxyl groups excluding tert-OH is 1. The van der Waals surface area contributed by atoms with E-state index in [0.717, 1.165) is 11.0 Å². The number of fused-ring (bicyclic) bond motifs is 1. The van der Waals surface area contributed by atoms with Gasteiger partial charge in [0.05, 0.1) is 37.7 Å². The number of ether oxygens (including phenoxy) is 2. The zero-order valence-corrected chi connectivity index (χ0v) is 15.4. The first-order chi connectivity index (χ1) is 13.1. The Hall–Kier alpha value is -3.06. The van der Waals surface area contributed by atoms with Crippen LogP contribution in [0.4, 0.5) is 0 Å². The number of carbonyl (C=O) groups is 1. The summed E-state index contributed by atoms with van der Waals surface area (Å²) in [5.41, 5.74) is 2.55. The van der Waals surface area contributed by atoms with E-state index in [4.69, 9.17) is 9.47 Å². The van der Waals surface area contributed by atoms with Crippen LogP contribution in [0.25, 0.3) is 11.0 Å². The molecule has 0 fully saturated rings. The average Bonchev–Trinajstić information content (AvgIpc) is 3.13. The Morgan fingerprint density at radius 1 is 1.19 bits per heavy atom. The molecule has 0 bridgehead atoms. The number of benzene rings is 2. The Bertz CT molecular complexity index is 922. The highest BCUT2D eigenvalue weighted by molar-refractivity contribution is 5.77. The molecule has 0 saturated carbocycles. The summed E-state index contributed by atoms with van der Waals surface area (Å²) in [5.74, 6) is 0.990. The first-order valence-corrected chi connectivity index (χ1v) is 8.69. The topological polar surface area (TPSA) is 85.6 Å². The Kier molecular flexibility index (Phi) is 5.93. The van der Waals surface area contributed by atoms with Gasteiger partial charge in [-0.1, -0.05) is 18.2 Å². The van der Waals surface area contributed by atoms with Gasteiger partial charge in [0.2, 0.25) is 5.91 Å². The third-order valence-corrected chi connectivity index (χ3v) is 4.39. The number of aryl methyl sites for hydroxylation is 1. The SMILES string of the molecule is COc1ccc(C(O)CNC(=O)CCn2cnc3ccccc32)cc1OC. The molecule has 0 spiro atoms. The molecule has 1 atom stereocenters. The van der Waals surface area contributed by atoms with Gasteiger partial charge >= 0.3 is 0 Å². The summed E-state index contributed by atoms with van der Waals surface area (Å²) in [6.07, 6.45) is 1.21. The Morgan fingerprint density at radius 3 is 2.74 bits per heavy atom. The molecule has 1 aromatic heterocycles. The lowest BCUT2D eigenvalue weighted by molar-refractivity contribution is -0.121. The number of hydrogen-bond donors (Lipinski definition) is 2. The quantitative estimate of drug-likeness (QED) is 0.636. The molecule has 1 amide bonds. The van der Waals surface area contributed by atoms with E-state index in [-0.39, 0.29) is 12.5 Å². The van der Waals surface area contributed by atoms with E-state index in [2.05, 4.69) is 10.3 Å². The molecule has 1 heterocycles.